The van der Waals surface area contributed by atoms with Crippen molar-refractivity contribution in [2.24, 2.45) is 0 Å². The highest BCUT2D eigenvalue weighted by molar-refractivity contribution is 5.48. The van der Waals surface area contributed by atoms with E-state index in [-0.39, 0.29) is 6.10 Å². The van der Waals surface area contributed by atoms with Crippen molar-refractivity contribution in [2.75, 3.05) is 13.1 Å². The van der Waals surface area contributed by atoms with Crippen molar-refractivity contribution >= 4 is 6.08 Å². The molecule has 98 valence electrons. The van der Waals surface area contributed by atoms with Crippen LogP contribution in [-0.2, 0) is 0 Å². The molecular formula is C16H23NO. The Morgan fingerprint density at radius 1 is 1.39 bits per heavy atom. The van der Waals surface area contributed by atoms with E-state index in [1.54, 1.807) is 0 Å². The van der Waals surface area contributed by atoms with Crippen LogP contribution in [0.15, 0.2) is 36.4 Å². The molecule has 1 aliphatic rings. The van der Waals surface area contributed by atoms with E-state index < -0.39 is 0 Å². The van der Waals surface area contributed by atoms with Gasteiger partial charge in [-0.25, -0.2) is 0 Å². The number of aliphatic hydroxyl groups excluding tert-OH is 1. The molecule has 1 N–H and O–H groups in total. The normalized spacial score (nSPS) is 22.7. The third-order valence-corrected chi connectivity index (χ3v) is 3.56. The van der Waals surface area contributed by atoms with Crippen LogP contribution in [0.5, 0.6) is 0 Å². The second-order valence-electron chi connectivity index (χ2n) is 5.19. The molecule has 1 fully saturated rings. The predicted molar refractivity (Wildman–Crippen MR) is 76.4 cm³/mol. The van der Waals surface area contributed by atoms with E-state index in [2.05, 4.69) is 41.3 Å². The number of hydrogen-bond acceptors (Lipinski definition) is 2. The van der Waals surface area contributed by atoms with Gasteiger partial charge in [-0.15, -0.1) is 0 Å². The highest BCUT2D eigenvalue weighted by atomic mass is 16.3. The molecule has 18 heavy (non-hydrogen) atoms. The lowest BCUT2D eigenvalue weighted by Gasteiger charge is -2.24. The van der Waals surface area contributed by atoms with Gasteiger partial charge in [-0.2, -0.15) is 0 Å². The minimum Gasteiger partial charge on any atom is -0.393 e. The molecule has 0 bridgehead atoms. The first-order chi connectivity index (χ1) is 8.75. The molecule has 0 saturated carbocycles. The number of aliphatic hydroxyl groups is 1. The lowest BCUT2D eigenvalue weighted by molar-refractivity contribution is 0.139. The minimum absolute atomic E-state index is 0.186. The maximum atomic E-state index is 9.49. The zero-order valence-electron chi connectivity index (χ0n) is 11.1. The van der Waals surface area contributed by atoms with E-state index in [1.165, 1.54) is 18.4 Å². The summed E-state index contributed by atoms with van der Waals surface area (Å²) in [4.78, 5) is 2.48. The van der Waals surface area contributed by atoms with Crippen LogP contribution < -0.4 is 0 Å². The number of likely N-dealkylation sites (tertiary alicyclic amines) is 1. The van der Waals surface area contributed by atoms with Crippen molar-refractivity contribution in [2.45, 2.75) is 38.3 Å². The SMILES string of the molecule is CC(O)CC1CCCN1C/C=C/c1ccccc1. The number of nitrogens with zero attached hydrogens (tertiary/aromatic N) is 1. The molecule has 1 saturated heterocycles. The van der Waals surface area contributed by atoms with Gasteiger partial charge in [0.25, 0.3) is 0 Å². The van der Waals surface area contributed by atoms with E-state index in [0.29, 0.717) is 6.04 Å². The van der Waals surface area contributed by atoms with Crippen LogP contribution in [0.1, 0.15) is 31.7 Å². The lowest BCUT2D eigenvalue weighted by atomic mass is 10.1. The predicted octanol–water partition coefficient (Wildman–Crippen LogP) is 2.94. The smallest absolute Gasteiger partial charge is 0.0527 e. The summed E-state index contributed by atoms with van der Waals surface area (Å²) in [5.74, 6) is 0. The molecule has 1 aromatic rings. The molecule has 0 radical (unpaired) electrons. The minimum atomic E-state index is -0.186. The summed E-state index contributed by atoms with van der Waals surface area (Å²) in [6.45, 7) is 4.04. The van der Waals surface area contributed by atoms with Gasteiger partial charge in [0.05, 0.1) is 6.10 Å². The largest absolute Gasteiger partial charge is 0.393 e. The summed E-state index contributed by atoms with van der Waals surface area (Å²) in [6, 6.07) is 11.0. The maximum absolute atomic E-state index is 9.49. The molecule has 0 aromatic heterocycles. The van der Waals surface area contributed by atoms with Gasteiger partial charge in [0.1, 0.15) is 0 Å². The Labute approximate surface area is 110 Å². The quantitative estimate of drug-likeness (QED) is 0.862. The van der Waals surface area contributed by atoms with Gasteiger partial charge in [0, 0.05) is 12.6 Å². The van der Waals surface area contributed by atoms with Gasteiger partial charge in [0.15, 0.2) is 0 Å². The third kappa shape index (κ3) is 3.97. The van der Waals surface area contributed by atoms with Gasteiger partial charge in [-0.05, 0) is 38.3 Å². The van der Waals surface area contributed by atoms with Crippen molar-refractivity contribution in [3.8, 4) is 0 Å². The van der Waals surface area contributed by atoms with E-state index in [9.17, 15) is 5.11 Å². The Bertz CT molecular complexity index is 372. The Hall–Kier alpha value is -1.12. The molecule has 2 nitrogen and oxygen atoms in total. The molecular weight excluding hydrogens is 222 g/mol. The Morgan fingerprint density at radius 3 is 2.89 bits per heavy atom. The summed E-state index contributed by atoms with van der Waals surface area (Å²) in [5.41, 5.74) is 1.25. The van der Waals surface area contributed by atoms with Crippen molar-refractivity contribution in [3.63, 3.8) is 0 Å². The first-order valence-electron chi connectivity index (χ1n) is 6.89. The summed E-state index contributed by atoms with van der Waals surface area (Å²) in [7, 11) is 0. The molecule has 2 unspecified atom stereocenters. The number of benzene rings is 1. The average Bonchev–Trinajstić information content (AvgIpc) is 2.77. The van der Waals surface area contributed by atoms with Crippen LogP contribution in [0, 0.1) is 0 Å². The van der Waals surface area contributed by atoms with E-state index >= 15 is 0 Å². The lowest BCUT2D eigenvalue weighted by Crippen LogP contribution is -2.31. The van der Waals surface area contributed by atoms with E-state index in [1.807, 2.05) is 13.0 Å². The highest BCUT2D eigenvalue weighted by Gasteiger charge is 2.24. The molecule has 2 heteroatoms. The Kier molecular flexibility index (Phi) is 4.97. The summed E-state index contributed by atoms with van der Waals surface area (Å²) >= 11 is 0. The van der Waals surface area contributed by atoms with Crippen molar-refractivity contribution in [1.29, 1.82) is 0 Å². The molecule has 1 aliphatic heterocycles. The highest BCUT2D eigenvalue weighted by Crippen LogP contribution is 2.21. The first kappa shape index (κ1) is 13.3. The molecule has 0 spiro atoms. The third-order valence-electron chi connectivity index (χ3n) is 3.56. The molecule has 0 aliphatic carbocycles. The molecule has 0 amide bonds. The number of rotatable bonds is 5. The second kappa shape index (κ2) is 6.72. The zero-order chi connectivity index (χ0) is 12.8. The van der Waals surface area contributed by atoms with Crippen LogP contribution in [0.3, 0.4) is 0 Å². The monoisotopic (exact) mass is 245 g/mol. The molecule has 2 rings (SSSR count). The van der Waals surface area contributed by atoms with Crippen LogP contribution in [0.2, 0.25) is 0 Å². The standard InChI is InChI=1S/C16H23NO/c1-14(18)13-16-10-6-12-17(16)11-5-9-15-7-3-2-4-8-15/h2-5,7-9,14,16,18H,6,10-13H2,1H3/b9-5+. The number of hydrogen-bond donors (Lipinski definition) is 1. The van der Waals surface area contributed by atoms with Gasteiger partial charge < -0.3 is 5.11 Å². The van der Waals surface area contributed by atoms with Gasteiger partial charge in [-0.3, -0.25) is 4.90 Å². The summed E-state index contributed by atoms with van der Waals surface area (Å²) in [5, 5.41) is 9.49. The maximum Gasteiger partial charge on any atom is 0.0527 e. The fourth-order valence-corrected chi connectivity index (χ4v) is 2.68. The van der Waals surface area contributed by atoms with Crippen LogP contribution in [-0.4, -0.2) is 35.2 Å². The van der Waals surface area contributed by atoms with Crippen molar-refractivity contribution in [3.05, 3.63) is 42.0 Å². The average molecular weight is 245 g/mol. The van der Waals surface area contributed by atoms with E-state index in [0.717, 1.165) is 19.5 Å². The molecule has 1 heterocycles. The van der Waals surface area contributed by atoms with Crippen LogP contribution >= 0.6 is 0 Å². The molecule has 1 aromatic carbocycles. The topological polar surface area (TPSA) is 23.5 Å². The van der Waals surface area contributed by atoms with Gasteiger partial charge >= 0.3 is 0 Å². The summed E-state index contributed by atoms with van der Waals surface area (Å²) in [6.07, 6.45) is 7.61. The Morgan fingerprint density at radius 2 is 2.17 bits per heavy atom. The van der Waals surface area contributed by atoms with Gasteiger partial charge in [0.2, 0.25) is 0 Å². The van der Waals surface area contributed by atoms with Crippen LogP contribution in [0.25, 0.3) is 6.08 Å². The second-order valence-corrected chi connectivity index (χ2v) is 5.19. The fraction of sp³-hybridized carbons (Fsp3) is 0.500. The summed E-state index contributed by atoms with van der Waals surface area (Å²) < 4.78 is 0. The van der Waals surface area contributed by atoms with Crippen molar-refractivity contribution < 1.29 is 5.11 Å². The van der Waals surface area contributed by atoms with E-state index in [4.69, 9.17) is 0 Å². The zero-order valence-corrected chi connectivity index (χ0v) is 11.1. The van der Waals surface area contributed by atoms with Crippen LogP contribution in [0.4, 0.5) is 0 Å². The fourth-order valence-electron chi connectivity index (χ4n) is 2.68. The molecule has 2 atom stereocenters. The van der Waals surface area contributed by atoms with Gasteiger partial charge in [-0.1, -0.05) is 42.5 Å². The Balaban J connectivity index is 1.84. The van der Waals surface area contributed by atoms with Crippen molar-refractivity contribution in [1.82, 2.24) is 4.90 Å². The first-order valence-corrected chi connectivity index (χ1v) is 6.89.